The van der Waals surface area contributed by atoms with Gasteiger partial charge >= 0.3 is 0 Å². The Morgan fingerprint density at radius 1 is 1.24 bits per heavy atom. The van der Waals surface area contributed by atoms with Crippen LogP contribution in [0.15, 0.2) is 36.7 Å². The van der Waals surface area contributed by atoms with E-state index in [-0.39, 0.29) is 18.3 Å². The standard InChI is InChI=1S/C14H12N4OS.ClH/c1-8-2-3-9(15)6-10(8)18-13(19)12-7-11-14(20-12)17-5-4-16-11;/h2-7H,15H2,1H3,(H,18,19);1H. The van der Waals surface area contributed by atoms with Crippen LogP contribution in [0.2, 0.25) is 0 Å². The minimum atomic E-state index is -0.177. The van der Waals surface area contributed by atoms with Crippen LogP contribution in [-0.2, 0) is 0 Å². The van der Waals surface area contributed by atoms with E-state index in [1.807, 2.05) is 13.0 Å². The number of anilines is 2. The fraction of sp³-hybridized carbons (Fsp3) is 0.0714. The lowest BCUT2D eigenvalue weighted by Crippen LogP contribution is -2.11. The molecule has 3 rings (SSSR count). The van der Waals surface area contributed by atoms with Gasteiger partial charge in [0, 0.05) is 23.8 Å². The number of nitrogens with two attached hydrogens (primary N) is 1. The third-order valence-electron chi connectivity index (χ3n) is 2.90. The number of nitrogens with one attached hydrogen (secondary N) is 1. The van der Waals surface area contributed by atoms with E-state index in [9.17, 15) is 4.79 Å². The second kappa shape index (κ2) is 6.07. The van der Waals surface area contributed by atoms with Crippen LogP contribution in [0.1, 0.15) is 15.2 Å². The molecule has 0 fully saturated rings. The molecule has 1 amide bonds. The van der Waals surface area contributed by atoms with Crippen molar-refractivity contribution in [2.24, 2.45) is 0 Å². The molecular formula is C14H13ClN4OS. The number of halogens is 1. The zero-order valence-electron chi connectivity index (χ0n) is 11.2. The largest absolute Gasteiger partial charge is 0.399 e. The summed E-state index contributed by atoms with van der Waals surface area (Å²) in [6, 6.07) is 7.16. The van der Waals surface area contributed by atoms with Crippen molar-refractivity contribution in [3.8, 4) is 0 Å². The second-order valence-electron chi connectivity index (χ2n) is 4.39. The summed E-state index contributed by atoms with van der Waals surface area (Å²) in [4.78, 5) is 21.9. The molecule has 0 unspecified atom stereocenters. The molecule has 7 heteroatoms. The van der Waals surface area contributed by atoms with Crippen molar-refractivity contribution in [1.29, 1.82) is 0 Å². The van der Waals surface area contributed by atoms with Gasteiger partial charge in [-0.25, -0.2) is 4.98 Å². The lowest BCUT2D eigenvalue weighted by molar-refractivity contribution is 0.103. The Kier molecular flexibility index (Phi) is 4.40. The van der Waals surface area contributed by atoms with Crippen molar-refractivity contribution in [2.75, 3.05) is 11.1 Å². The predicted octanol–water partition coefficient (Wildman–Crippen LogP) is 3.26. The van der Waals surface area contributed by atoms with Crippen LogP contribution < -0.4 is 11.1 Å². The number of hydrogen-bond donors (Lipinski definition) is 2. The average Bonchev–Trinajstić information content (AvgIpc) is 2.87. The highest BCUT2D eigenvalue weighted by Crippen LogP contribution is 2.24. The van der Waals surface area contributed by atoms with Crippen LogP contribution in [0.5, 0.6) is 0 Å². The van der Waals surface area contributed by atoms with Gasteiger partial charge in [0.05, 0.1) is 4.88 Å². The number of nitrogen functional groups attached to an aromatic ring is 1. The third-order valence-corrected chi connectivity index (χ3v) is 3.93. The fourth-order valence-corrected chi connectivity index (χ4v) is 2.69. The first kappa shape index (κ1) is 15.2. The molecule has 5 nitrogen and oxygen atoms in total. The lowest BCUT2D eigenvalue weighted by Gasteiger charge is -2.07. The van der Waals surface area contributed by atoms with Crippen molar-refractivity contribution >= 4 is 51.4 Å². The predicted molar refractivity (Wildman–Crippen MR) is 88.2 cm³/mol. The number of thiophene rings is 1. The number of nitrogens with zero attached hydrogens (tertiary/aromatic N) is 2. The summed E-state index contributed by atoms with van der Waals surface area (Å²) in [5.41, 5.74) is 8.76. The van der Waals surface area contributed by atoms with Gasteiger partial charge in [0.25, 0.3) is 5.91 Å². The molecule has 0 saturated heterocycles. The maximum absolute atomic E-state index is 12.3. The molecule has 3 N–H and O–H groups in total. The summed E-state index contributed by atoms with van der Waals surface area (Å²) >= 11 is 1.32. The minimum absolute atomic E-state index is 0. The van der Waals surface area contributed by atoms with Gasteiger partial charge in [-0.05, 0) is 30.7 Å². The van der Waals surface area contributed by atoms with E-state index in [1.165, 1.54) is 11.3 Å². The Balaban J connectivity index is 0.00000161. The molecule has 0 aliphatic carbocycles. The number of amides is 1. The summed E-state index contributed by atoms with van der Waals surface area (Å²) < 4.78 is 0. The highest BCUT2D eigenvalue weighted by atomic mass is 35.5. The molecule has 0 spiro atoms. The highest BCUT2D eigenvalue weighted by Gasteiger charge is 2.12. The Labute approximate surface area is 131 Å². The molecule has 0 aliphatic heterocycles. The fourth-order valence-electron chi connectivity index (χ4n) is 1.84. The van der Waals surface area contributed by atoms with Crippen LogP contribution in [0.3, 0.4) is 0 Å². The monoisotopic (exact) mass is 320 g/mol. The van der Waals surface area contributed by atoms with Crippen molar-refractivity contribution < 1.29 is 4.79 Å². The normalized spacial score (nSPS) is 10.1. The summed E-state index contributed by atoms with van der Waals surface area (Å²) in [6.07, 6.45) is 3.22. The number of hydrogen-bond acceptors (Lipinski definition) is 5. The number of fused-ring (bicyclic) bond motifs is 1. The maximum Gasteiger partial charge on any atom is 0.265 e. The molecule has 1 aromatic carbocycles. The molecule has 2 aromatic heterocycles. The molecule has 2 heterocycles. The van der Waals surface area contributed by atoms with Gasteiger partial charge in [0.15, 0.2) is 0 Å². The Bertz CT molecular complexity index is 770. The van der Waals surface area contributed by atoms with Gasteiger partial charge in [-0.15, -0.1) is 23.7 Å². The number of carbonyl (C=O) groups is 1. The summed E-state index contributed by atoms with van der Waals surface area (Å²) in [5.74, 6) is -0.177. The van der Waals surface area contributed by atoms with Crippen molar-refractivity contribution in [3.63, 3.8) is 0 Å². The van der Waals surface area contributed by atoms with E-state index in [0.717, 1.165) is 15.9 Å². The van der Waals surface area contributed by atoms with E-state index >= 15 is 0 Å². The van der Waals surface area contributed by atoms with E-state index in [4.69, 9.17) is 5.73 Å². The van der Waals surface area contributed by atoms with Gasteiger partial charge in [-0.2, -0.15) is 0 Å². The van der Waals surface area contributed by atoms with E-state index in [2.05, 4.69) is 15.3 Å². The average molecular weight is 321 g/mol. The lowest BCUT2D eigenvalue weighted by atomic mass is 10.2. The zero-order valence-corrected chi connectivity index (χ0v) is 12.8. The number of carbonyl (C=O) groups excluding carboxylic acids is 1. The number of rotatable bonds is 2. The third kappa shape index (κ3) is 3.12. The van der Waals surface area contributed by atoms with Crippen molar-refractivity contribution in [2.45, 2.75) is 6.92 Å². The number of aromatic nitrogens is 2. The first-order chi connectivity index (χ1) is 9.63. The van der Waals surface area contributed by atoms with Gasteiger partial charge in [-0.3, -0.25) is 9.78 Å². The molecule has 0 atom stereocenters. The van der Waals surface area contributed by atoms with Crippen LogP contribution in [-0.4, -0.2) is 15.9 Å². The van der Waals surface area contributed by atoms with Gasteiger partial charge < -0.3 is 11.1 Å². The first-order valence-electron chi connectivity index (χ1n) is 6.01. The number of aryl methyl sites for hydroxylation is 1. The molecule has 0 radical (unpaired) electrons. The SMILES string of the molecule is Cc1ccc(N)cc1NC(=O)c1cc2nccnc2s1.Cl. The Hall–Kier alpha value is -2.18. The van der Waals surface area contributed by atoms with Crippen LogP contribution >= 0.6 is 23.7 Å². The van der Waals surface area contributed by atoms with Gasteiger partial charge in [0.1, 0.15) is 10.3 Å². The van der Waals surface area contributed by atoms with Crippen LogP contribution in [0, 0.1) is 6.92 Å². The molecule has 0 saturated carbocycles. The van der Waals surface area contributed by atoms with Gasteiger partial charge in [0.2, 0.25) is 0 Å². The first-order valence-corrected chi connectivity index (χ1v) is 6.83. The van der Waals surface area contributed by atoms with E-state index in [1.54, 1.807) is 30.6 Å². The summed E-state index contributed by atoms with van der Waals surface area (Å²) in [5, 5.41) is 2.86. The van der Waals surface area contributed by atoms with Crippen molar-refractivity contribution in [3.05, 3.63) is 47.1 Å². The molecule has 108 valence electrons. The van der Waals surface area contributed by atoms with Crippen LogP contribution in [0.4, 0.5) is 11.4 Å². The highest BCUT2D eigenvalue weighted by molar-refractivity contribution is 7.20. The van der Waals surface area contributed by atoms with E-state index in [0.29, 0.717) is 16.3 Å². The smallest absolute Gasteiger partial charge is 0.265 e. The molecule has 0 bridgehead atoms. The molecule has 0 aliphatic rings. The molecule has 3 aromatic rings. The van der Waals surface area contributed by atoms with Gasteiger partial charge in [-0.1, -0.05) is 6.07 Å². The minimum Gasteiger partial charge on any atom is -0.399 e. The topological polar surface area (TPSA) is 80.9 Å². The van der Waals surface area contributed by atoms with Crippen molar-refractivity contribution in [1.82, 2.24) is 9.97 Å². The van der Waals surface area contributed by atoms with Crippen LogP contribution in [0.25, 0.3) is 10.3 Å². The molecule has 21 heavy (non-hydrogen) atoms. The van der Waals surface area contributed by atoms with E-state index < -0.39 is 0 Å². The Morgan fingerprint density at radius 2 is 2.00 bits per heavy atom. The zero-order chi connectivity index (χ0) is 14.1. The quantitative estimate of drug-likeness (QED) is 0.710. The summed E-state index contributed by atoms with van der Waals surface area (Å²) in [7, 11) is 0. The maximum atomic E-state index is 12.3. The number of benzene rings is 1. The summed E-state index contributed by atoms with van der Waals surface area (Å²) in [6.45, 7) is 1.92. The molecular weight excluding hydrogens is 308 g/mol. The second-order valence-corrected chi connectivity index (χ2v) is 5.42. The Morgan fingerprint density at radius 3 is 2.76 bits per heavy atom.